The largest absolute Gasteiger partial charge is 0.496 e. The summed E-state index contributed by atoms with van der Waals surface area (Å²) in [4.78, 5) is 18.6. The van der Waals surface area contributed by atoms with Crippen LogP contribution in [0.1, 0.15) is 15.9 Å². The summed E-state index contributed by atoms with van der Waals surface area (Å²) in [5.41, 5.74) is 4.12. The van der Waals surface area contributed by atoms with E-state index in [4.69, 9.17) is 9.94 Å². The Balaban J connectivity index is 1.92. The zero-order valence-corrected chi connectivity index (χ0v) is 14.1. The first kappa shape index (κ1) is 16.1. The molecule has 0 fully saturated rings. The van der Waals surface area contributed by atoms with Crippen molar-refractivity contribution in [3.05, 3.63) is 65.9 Å². The number of benzene rings is 2. The second kappa shape index (κ2) is 6.50. The average Bonchev–Trinajstić information content (AvgIpc) is 2.71. The fourth-order valence-electron chi connectivity index (χ4n) is 3.27. The van der Waals surface area contributed by atoms with Gasteiger partial charge in [0, 0.05) is 23.8 Å². The Hall–Kier alpha value is -3.38. The normalized spacial score (nSPS) is 12.8. The number of para-hydroxylation sites is 1. The number of carbonyl (C=O) groups excluding carboxylic acids is 1. The highest BCUT2D eigenvalue weighted by molar-refractivity contribution is 6.04. The minimum Gasteiger partial charge on any atom is -0.496 e. The molecule has 1 aliphatic rings. The molecule has 0 saturated carbocycles. The van der Waals surface area contributed by atoms with E-state index in [1.165, 1.54) is 7.11 Å². The maximum absolute atomic E-state index is 11.9. The monoisotopic (exact) mass is 347 g/mol. The minimum absolute atomic E-state index is 0.263. The number of nitrogens with zero attached hydrogens (tertiary/aromatic N) is 2. The van der Waals surface area contributed by atoms with Gasteiger partial charge in [0.15, 0.2) is 0 Å². The predicted molar refractivity (Wildman–Crippen MR) is 100 cm³/mol. The van der Waals surface area contributed by atoms with Crippen molar-refractivity contribution in [2.24, 2.45) is 0 Å². The van der Waals surface area contributed by atoms with Crippen molar-refractivity contribution in [2.45, 2.75) is 0 Å². The lowest BCUT2D eigenvalue weighted by Gasteiger charge is -2.28. The third-order valence-electron chi connectivity index (χ3n) is 4.48. The van der Waals surface area contributed by atoms with Crippen molar-refractivity contribution in [1.82, 2.24) is 10.5 Å². The van der Waals surface area contributed by atoms with Crippen molar-refractivity contribution in [3.8, 4) is 5.75 Å². The van der Waals surface area contributed by atoms with E-state index in [1.54, 1.807) is 23.8 Å². The molecule has 0 saturated heterocycles. The van der Waals surface area contributed by atoms with Crippen LogP contribution in [0.15, 0.2) is 54.7 Å². The minimum atomic E-state index is -0.617. The van der Waals surface area contributed by atoms with Crippen LogP contribution in [0.25, 0.3) is 16.8 Å². The van der Waals surface area contributed by atoms with Crippen LogP contribution in [0, 0.1) is 0 Å². The third kappa shape index (κ3) is 2.57. The molecule has 1 aromatic heterocycles. The van der Waals surface area contributed by atoms with Gasteiger partial charge in [-0.2, -0.15) is 0 Å². The molecule has 3 aromatic rings. The smallest absolute Gasteiger partial charge is 0.278 e. The molecule has 130 valence electrons. The average molecular weight is 347 g/mol. The van der Waals surface area contributed by atoms with E-state index < -0.39 is 5.91 Å². The summed E-state index contributed by atoms with van der Waals surface area (Å²) < 4.78 is 5.36. The van der Waals surface area contributed by atoms with Gasteiger partial charge in [0.2, 0.25) is 0 Å². The van der Waals surface area contributed by atoms with Gasteiger partial charge in [-0.15, -0.1) is 0 Å². The first-order chi connectivity index (χ1) is 12.7. The van der Waals surface area contributed by atoms with Crippen LogP contribution in [0.5, 0.6) is 5.75 Å². The topological polar surface area (TPSA) is 74.7 Å². The lowest BCUT2D eigenvalue weighted by Crippen LogP contribution is -2.22. The number of methoxy groups -OCH3 is 1. The summed E-state index contributed by atoms with van der Waals surface area (Å²) in [6.45, 7) is 0.699. The second-order valence-electron chi connectivity index (χ2n) is 5.92. The van der Waals surface area contributed by atoms with Crippen LogP contribution in [0.2, 0.25) is 0 Å². The van der Waals surface area contributed by atoms with E-state index in [2.05, 4.69) is 34.2 Å². The van der Waals surface area contributed by atoms with Crippen LogP contribution in [0.4, 0.5) is 11.5 Å². The molecule has 0 bridgehead atoms. The van der Waals surface area contributed by atoms with Gasteiger partial charge >= 0.3 is 0 Å². The van der Waals surface area contributed by atoms with Gasteiger partial charge < -0.3 is 9.64 Å². The van der Waals surface area contributed by atoms with Gasteiger partial charge in [0.05, 0.1) is 12.7 Å². The summed E-state index contributed by atoms with van der Waals surface area (Å²) in [6.07, 6.45) is 5.90. The molecule has 6 heteroatoms. The number of hydroxylamine groups is 1. The first-order valence-corrected chi connectivity index (χ1v) is 8.17. The molecule has 26 heavy (non-hydrogen) atoms. The van der Waals surface area contributed by atoms with Crippen molar-refractivity contribution < 1.29 is 14.7 Å². The number of nitrogens with one attached hydrogen (secondary N) is 1. The lowest BCUT2D eigenvalue weighted by atomic mass is 10.0. The standard InChI is InChI=1S/C20H17N3O3/c1-26-18-12-15-14(11-16(18)20(24)22-25)8-9-21-19(15)23-10-4-6-13-5-2-3-7-17(13)23/h2-9,11-12,25H,10H2,1H3,(H,22,24). The molecule has 0 radical (unpaired) electrons. The van der Waals surface area contributed by atoms with Gasteiger partial charge in [0.1, 0.15) is 11.6 Å². The molecular formula is C20H17N3O3. The molecule has 4 rings (SSSR count). The lowest BCUT2D eigenvalue weighted by molar-refractivity contribution is 0.0703. The number of hydrogen-bond donors (Lipinski definition) is 2. The number of amides is 1. The maximum atomic E-state index is 11.9. The molecule has 1 aliphatic heterocycles. The summed E-state index contributed by atoms with van der Waals surface area (Å²) >= 11 is 0. The predicted octanol–water partition coefficient (Wildman–Crippen LogP) is 3.53. The number of fused-ring (bicyclic) bond motifs is 2. The molecule has 2 aromatic carbocycles. The van der Waals surface area contributed by atoms with Crippen molar-refractivity contribution in [1.29, 1.82) is 0 Å². The fraction of sp³-hybridized carbons (Fsp3) is 0.100. The molecule has 0 aliphatic carbocycles. The Morgan fingerprint density at radius 2 is 2.12 bits per heavy atom. The van der Waals surface area contributed by atoms with Crippen molar-refractivity contribution in [3.63, 3.8) is 0 Å². The maximum Gasteiger partial charge on any atom is 0.278 e. The Morgan fingerprint density at radius 1 is 1.27 bits per heavy atom. The molecule has 1 amide bonds. The van der Waals surface area contributed by atoms with Gasteiger partial charge in [-0.05, 0) is 35.2 Å². The number of carbonyl (C=O) groups is 1. The number of aromatic nitrogens is 1. The summed E-state index contributed by atoms with van der Waals surface area (Å²) in [5, 5.41) is 10.7. The Morgan fingerprint density at radius 3 is 2.92 bits per heavy atom. The van der Waals surface area contributed by atoms with Crippen LogP contribution < -0.4 is 15.1 Å². The van der Waals surface area contributed by atoms with Crippen molar-refractivity contribution in [2.75, 3.05) is 18.6 Å². The zero-order chi connectivity index (χ0) is 18.1. The highest BCUT2D eigenvalue weighted by atomic mass is 16.5. The van der Waals surface area contributed by atoms with Gasteiger partial charge in [-0.3, -0.25) is 10.0 Å². The van der Waals surface area contributed by atoms with E-state index in [-0.39, 0.29) is 5.56 Å². The number of hydrogen-bond acceptors (Lipinski definition) is 5. The van der Waals surface area contributed by atoms with Gasteiger partial charge in [-0.25, -0.2) is 10.5 Å². The molecular weight excluding hydrogens is 330 g/mol. The second-order valence-corrected chi connectivity index (χ2v) is 5.92. The van der Waals surface area contributed by atoms with E-state index in [1.807, 2.05) is 18.2 Å². The number of pyridine rings is 1. The molecule has 6 nitrogen and oxygen atoms in total. The van der Waals surface area contributed by atoms with E-state index in [0.717, 1.165) is 27.8 Å². The van der Waals surface area contributed by atoms with E-state index in [0.29, 0.717) is 12.3 Å². The van der Waals surface area contributed by atoms with Crippen LogP contribution in [-0.4, -0.2) is 29.8 Å². The molecule has 2 heterocycles. The molecule has 0 atom stereocenters. The SMILES string of the molecule is COc1cc2c(N3CC=Cc4ccccc43)nccc2cc1C(=O)NO. The highest BCUT2D eigenvalue weighted by Crippen LogP contribution is 2.37. The molecule has 0 spiro atoms. The Kier molecular flexibility index (Phi) is 4.02. The first-order valence-electron chi connectivity index (χ1n) is 8.17. The number of anilines is 2. The van der Waals surface area contributed by atoms with E-state index >= 15 is 0 Å². The molecule has 0 unspecified atom stereocenters. The van der Waals surface area contributed by atoms with Crippen LogP contribution in [-0.2, 0) is 0 Å². The number of rotatable bonds is 3. The highest BCUT2D eigenvalue weighted by Gasteiger charge is 2.20. The zero-order valence-electron chi connectivity index (χ0n) is 14.1. The fourth-order valence-corrected chi connectivity index (χ4v) is 3.27. The van der Waals surface area contributed by atoms with Crippen molar-refractivity contribution >= 4 is 34.3 Å². The number of ether oxygens (including phenoxy) is 1. The molecule has 2 N–H and O–H groups in total. The summed E-state index contributed by atoms with van der Waals surface area (Å²) in [5.74, 6) is 0.543. The van der Waals surface area contributed by atoms with Gasteiger partial charge in [-0.1, -0.05) is 30.4 Å². The summed E-state index contributed by atoms with van der Waals surface area (Å²) in [7, 11) is 1.49. The van der Waals surface area contributed by atoms with Crippen LogP contribution >= 0.6 is 0 Å². The van der Waals surface area contributed by atoms with Gasteiger partial charge in [0.25, 0.3) is 5.91 Å². The Labute approximate surface area is 150 Å². The van der Waals surface area contributed by atoms with E-state index in [9.17, 15) is 4.79 Å². The van der Waals surface area contributed by atoms with Crippen LogP contribution in [0.3, 0.4) is 0 Å². The Bertz CT molecular complexity index is 1030. The third-order valence-corrected chi connectivity index (χ3v) is 4.48. The summed E-state index contributed by atoms with van der Waals surface area (Å²) in [6, 6.07) is 13.4. The quantitative estimate of drug-likeness (QED) is 0.560.